The summed E-state index contributed by atoms with van der Waals surface area (Å²) in [6.45, 7) is 0.0681. The average molecular weight is 261 g/mol. The minimum atomic E-state index is 0.0681. The van der Waals surface area contributed by atoms with Crippen molar-refractivity contribution < 1.29 is 5.11 Å². The molecule has 0 atom stereocenters. The van der Waals surface area contributed by atoms with E-state index < -0.39 is 0 Å². The number of aromatic nitrogens is 1. The average Bonchev–Trinajstić information content (AvgIpc) is 2.87. The number of rotatable bonds is 7. The van der Waals surface area contributed by atoms with Crippen LogP contribution in [0.5, 0.6) is 0 Å². The number of thiazole rings is 1. The maximum Gasteiger partial charge on any atom is 0.118 e. The molecule has 1 aromatic heterocycles. The van der Waals surface area contributed by atoms with Crippen molar-refractivity contribution in [3.63, 3.8) is 0 Å². The van der Waals surface area contributed by atoms with Gasteiger partial charge in [0.15, 0.2) is 0 Å². The van der Waals surface area contributed by atoms with Crippen molar-refractivity contribution in [2.24, 2.45) is 0 Å². The third-order valence-corrected chi connectivity index (χ3v) is 3.86. The lowest BCUT2D eigenvalue weighted by molar-refractivity contribution is 0.281. The predicted molar refractivity (Wildman–Crippen MR) is 75.7 cm³/mol. The van der Waals surface area contributed by atoms with Crippen molar-refractivity contribution >= 4 is 11.3 Å². The first-order valence-electron chi connectivity index (χ1n) is 6.46. The van der Waals surface area contributed by atoms with Crippen LogP contribution in [0.15, 0.2) is 35.7 Å². The highest BCUT2D eigenvalue weighted by atomic mass is 32.1. The Morgan fingerprint density at radius 1 is 1.00 bits per heavy atom. The van der Waals surface area contributed by atoms with Gasteiger partial charge in [-0.15, -0.1) is 11.3 Å². The monoisotopic (exact) mass is 261 g/mol. The molecule has 0 unspecified atom stereocenters. The van der Waals surface area contributed by atoms with E-state index in [1.54, 1.807) is 11.3 Å². The Morgan fingerprint density at radius 2 is 1.78 bits per heavy atom. The second kappa shape index (κ2) is 7.29. The van der Waals surface area contributed by atoms with Gasteiger partial charge in [0.25, 0.3) is 0 Å². The summed E-state index contributed by atoms with van der Waals surface area (Å²) < 4.78 is 0. The first-order chi connectivity index (χ1) is 8.88. The molecular weight excluding hydrogens is 242 g/mol. The van der Waals surface area contributed by atoms with Crippen LogP contribution in [0.3, 0.4) is 0 Å². The molecule has 2 nitrogen and oxygen atoms in total. The first-order valence-corrected chi connectivity index (χ1v) is 7.34. The summed E-state index contributed by atoms with van der Waals surface area (Å²) in [5.41, 5.74) is 2.55. The molecule has 1 N–H and O–H groups in total. The Kier molecular flexibility index (Phi) is 5.36. The van der Waals surface area contributed by atoms with Gasteiger partial charge in [-0.2, -0.15) is 0 Å². The molecule has 2 aromatic rings. The normalized spacial score (nSPS) is 10.7. The zero-order valence-corrected chi connectivity index (χ0v) is 11.3. The van der Waals surface area contributed by atoms with Gasteiger partial charge < -0.3 is 5.11 Å². The number of aryl methyl sites for hydroxylation is 2. The molecule has 0 spiro atoms. The molecule has 0 aliphatic heterocycles. The first kappa shape index (κ1) is 13.2. The van der Waals surface area contributed by atoms with E-state index in [-0.39, 0.29) is 6.61 Å². The number of unbranched alkanes of at least 4 members (excludes halogenated alkanes) is 2. The lowest BCUT2D eigenvalue weighted by Gasteiger charge is -2.01. The molecule has 0 bridgehead atoms. The van der Waals surface area contributed by atoms with Crippen molar-refractivity contribution in [3.8, 4) is 0 Å². The van der Waals surface area contributed by atoms with E-state index >= 15 is 0 Å². The minimum Gasteiger partial charge on any atom is -0.389 e. The molecule has 1 heterocycles. The molecule has 0 saturated carbocycles. The lowest BCUT2D eigenvalue weighted by atomic mass is 10.1. The van der Waals surface area contributed by atoms with Crippen LogP contribution in [-0.4, -0.2) is 10.1 Å². The van der Waals surface area contributed by atoms with E-state index in [0.29, 0.717) is 0 Å². The summed E-state index contributed by atoms with van der Waals surface area (Å²) in [6.07, 6.45) is 5.86. The molecule has 3 heteroatoms. The van der Waals surface area contributed by atoms with Crippen molar-refractivity contribution in [3.05, 3.63) is 52.0 Å². The molecule has 0 saturated heterocycles. The van der Waals surface area contributed by atoms with E-state index in [9.17, 15) is 0 Å². The Labute approximate surface area is 112 Å². The van der Waals surface area contributed by atoms with Crippen molar-refractivity contribution in [1.82, 2.24) is 4.98 Å². The van der Waals surface area contributed by atoms with E-state index in [1.807, 2.05) is 0 Å². The van der Waals surface area contributed by atoms with Gasteiger partial charge in [0, 0.05) is 5.38 Å². The summed E-state index contributed by atoms with van der Waals surface area (Å²) in [7, 11) is 0. The van der Waals surface area contributed by atoms with Crippen LogP contribution in [0, 0.1) is 0 Å². The Hall–Kier alpha value is -1.19. The second-order valence-corrected chi connectivity index (χ2v) is 5.38. The van der Waals surface area contributed by atoms with Crippen molar-refractivity contribution in [1.29, 1.82) is 0 Å². The molecule has 0 amide bonds. The van der Waals surface area contributed by atoms with Gasteiger partial charge in [-0.05, 0) is 31.2 Å². The summed E-state index contributed by atoms with van der Waals surface area (Å²) in [5, 5.41) is 11.8. The van der Waals surface area contributed by atoms with Crippen LogP contribution < -0.4 is 0 Å². The third-order valence-electron chi connectivity index (χ3n) is 2.98. The summed E-state index contributed by atoms with van der Waals surface area (Å²) >= 11 is 1.55. The van der Waals surface area contributed by atoms with Gasteiger partial charge in [-0.1, -0.05) is 36.8 Å². The highest BCUT2D eigenvalue weighted by Crippen LogP contribution is 2.13. The predicted octanol–water partition coefficient (Wildman–Crippen LogP) is 3.59. The van der Waals surface area contributed by atoms with Crippen molar-refractivity contribution in [2.45, 2.75) is 38.7 Å². The molecule has 0 fully saturated rings. The lowest BCUT2D eigenvalue weighted by Crippen LogP contribution is -1.90. The zero-order valence-electron chi connectivity index (χ0n) is 10.5. The Morgan fingerprint density at radius 3 is 2.50 bits per heavy atom. The van der Waals surface area contributed by atoms with Gasteiger partial charge in [0.2, 0.25) is 0 Å². The van der Waals surface area contributed by atoms with Crippen LogP contribution in [0.2, 0.25) is 0 Å². The number of benzene rings is 1. The maximum absolute atomic E-state index is 8.93. The van der Waals surface area contributed by atoms with Crippen LogP contribution in [0.25, 0.3) is 0 Å². The van der Waals surface area contributed by atoms with Crippen LogP contribution >= 0.6 is 11.3 Å². The van der Waals surface area contributed by atoms with Gasteiger partial charge in [-0.25, -0.2) is 4.98 Å². The zero-order chi connectivity index (χ0) is 12.6. The standard InChI is InChI=1S/C15H19NOS/c17-11-15-16-14(12-18-15)10-6-2-5-9-13-7-3-1-4-8-13/h1,3-4,7-8,12,17H,2,5-6,9-11H2. The fraction of sp³-hybridized carbons (Fsp3) is 0.400. The summed E-state index contributed by atoms with van der Waals surface area (Å²) in [6, 6.07) is 10.6. The molecule has 0 aliphatic carbocycles. The minimum absolute atomic E-state index is 0.0681. The van der Waals surface area contributed by atoms with Crippen molar-refractivity contribution in [2.75, 3.05) is 0 Å². The van der Waals surface area contributed by atoms with E-state index in [4.69, 9.17) is 5.11 Å². The van der Waals surface area contributed by atoms with Gasteiger partial charge >= 0.3 is 0 Å². The largest absolute Gasteiger partial charge is 0.389 e. The number of hydrogen-bond donors (Lipinski definition) is 1. The fourth-order valence-electron chi connectivity index (χ4n) is 1.99. The van der Waals surface area contributed by atoms with Crippen LogP contribution in [-0.2, 0) is 19.4 Å². The quantitative estimate of drug-likeness (QED) is 0.773. The van der Waals surface area contributed by atoms with Gasteiger partial charge in [-0.3, -0.25) is 0 Å². The Bertz CT molecular complexity index is 453. The fourth-order valence-corrected chi connectivity index (χ4v) is 2.68. The molecule has 1 aromatic carbocycles. The molecule has 0 radical (unpaired) electrons. The molecule has 0 aliphatic rings. The maximum atomic E-state index is 8.93. The van der Waals surface area contributed by atoms with Gasteiger partial charge in [0.1, 0.15) is 5.01 Å². The summed E-state index contributed by atoms with van der Waals surface area (Å²) in [4.78, 5) is 4.35. The molecule has 18 heavy (non-hydrogen) atoms. The smallest absolute Gasteiger partial charge is 0.118 e. The number of nitrogens with zero attached hydrogens (tertiary/aromatic N) is 1. The number of hydrogen-bond acceptors (Lipinski definition) is 3. The van der Waals surface area contributed by atoms with E-state index in [2.05, 4.69) is 40.7 Å². The number of aliphatic hydroxyl groups is 1. The number of aliphatic hydroxyl groups excluding tert-OH is 1. The van der Waals surface area contributed by atoms with Crippen LogP contribution in [0.4, 0.5) is 0 Å². The Balaban J connectivity index is 1.61. The second-order valence-electron chi connectivity index (χ2n) is 4.44. The molecular formula is C15H19NOS. The highest BCUT2D eigenvalue weighted by molar-refractivity contribution is 7.09. The van der Waals surface area contributed by atoms with E-state index in [1.165, 1.54) is 31.2 Å². The highest BCUT2D eigenvalue weighted by Gasteiger charge is 2.00. The SMILES string of the molecule is OCc1nc(CCCCCc2ccccc2)cs1. The molecule has 2 rings (SSSR count). The molecule has 96 valence electrons. The topological polar surface area (TPSA) is 33.1 Å². The third kappa shape index (κ3) is 4.24. The van der Waals surface area contributed by atoms with E-state index in [0.717, 1.165) is 17.1 Å². The van der Waals surface area contributed by atoms with Gasteiger partial charge in [0.05, 0.1) is 12.3 Å². The van der Waals surface area contributed by atoms with Crippen LogP contribution in [0.1, 0.15) is 35.5 Å². The summed E-state index contributed by atoms with van der Waals surface area (Å²) in [5.74, 6) is 0.